The van der Waals surface area contributed by atoms with E-state index in [9.17, 15) is 0 Å². The standard InChI is InChI=1S/C12H32O5Si3/c1-13-10-11-15-9-8-12-19(4,5)17-20(6,7)16-18(3)14-2/h18H,8-12H2,1-7H3. The molecular weight excluding hydrogens is 308 g/mol. The highest BCUT2D eigenvalue weighted by atomic mass is 28.5. The first kappa shape index (κ1) is 20.5. The lowest BCUT2D eigenvalue weighted by Gasteiger charge is -2.34. The third-order valence-corrected chi connectivity index (χ3v) is 12.8. The molecule has 8 heteroatoms. The minimum Gasteiger partial charge on any atom is -0.436 e. The molecule has 0 aliphatic heterocycles. The van der Waals surface area contributed by atoms with Crippen LogP contribution in [0, 0.1) is 0 Å². The molecule has 0 heterocycles. The van der Waals surface area contributed by atoms with Crippen LogP contribution < -0.4 is 0 Å². The molecule has 0 saturated heterocycles. The van der Waals surface area contributed by atoms with Crippen LogP contribution in [0.3, 0.4) is 0 Å². The van der Waals surface area contributed by atoms with E-state index in [0.717, 1.165) is 19.1 Å². The van der Waals surface area contributed by atoms with Crippen molar-refractivity contribution in [2.24, 2.45) is 0 Å². The van der Waals surface area contributed by atoms with Gasteiger partial charge in [-0.2, -0.15) is 0 Å². The van der Waals surface area contributed by atoms with E-state index in [0.29, 0.717) is 13.2 Å². The van der Waals surface area contributed by atoms with Gasteiger partial charge in [-0.15, -0.1) is 0 Å². The monoisotopic (exact) mass is 340 g/mol. The molecule has 0 aromatic heterocycles. The topological polar surface area (TPSA) is 46.2 Å². The van der Waals surface area contributed by atoms with Crippen molar-refractivity contribution < 1.29 is 22.1 Å². The van der Waals surface area contributed by atoms with E-state index in [4.69, 9.17) is 22.1 Å². The predicted molar refractivity (Wildman–Crippen MR) is 89.3 cm³/mol. The van der Waals surface area contributed by atoms with Crippen molar-refractivity contribution in [3.8, 4) is 0 Å². The second kappa shape index (κ2) is 10.2. The summed E-state index contributed by atoms with van der Waals surface area (Å²) in [5, 5.41) is 0. The molecule has 0 aromatic carbocycles. The van der Waals surface area contributed by atoms with Gasteiger partial charge in [-0.3, -0.25) is 0 Å². The number of ether oxygens (including phenoxy) is 2. The van der Waals surface area contributed by atoms with Crippen LogP contribution in [0.5, 0.6) is 0 Å². The average Bonchev–Trinajstić information content (AvgIpc) is 2.31. The van der Waals surface area contributed by atoms with Crippen molar-refractivity contribution in [3.63, 3.8) is 0 Å². The maximum atomic E-state index is 6.36. The van der Waals surface area contributed by atoms with Crippen LogP contribution in [-0.2, 0) is 22.1 Å². The lowest BCUT2D eigenvalue weighted by atomic mass is 10.5. The number of hydrogen-bond acceptors (Lipinski definition) is 5. The lowest BCUT2D eigenvalue weighted by Crippen LogP contribution is -2.49. The van der Waals surface area contributed by atoms with Crippen molar-refractivity contribution in [2.75, 3.05) is 34.0 Å². The van der Waals surface area contributed by atoms with E-state index in [1.54, 1.807) is 14.2 Å². The largest absolute Gasteiger partial charge is 0.436 e. The summed E-state index contributed by atoms with van der Waals surface area (Å²) in [6, 6.07) is 1.09. The Morgan fingerprint density at radius 2 is 1.60 bits per heavy atom. The molecular formula is C12H32O5Si3. The first-order valence-electron chi connectivity index (χ1n) is 7.20. The van der Waals surface area contributed by atoms with Gasteiger partial charge in [0.2, 0.25) is 0 Å². The average molecular weight is 341 g/mol. The molecule has 0 aliphatic carbocycles. The van der Waals surface area contributed by atoms with E-state index in [2.05, 4.69) is 26.2 Å². The number of rotatable bonds is 12. The molecule has 0 aromatic rings. The molecule has 0 saturated carbocycles. The van der Waals surface area contributed by atoms with Gasteiger partial charge in [0.1, 0.15) is 0 Å². The molecule has 0 rings (SSSR count). The van der Waals surface area contributed by atoms with E-state index >= 15 is 0 Å². The minimum absolute atomic E-state index is 0.657. The Morgan fingerprint density at radius 3 is 2.15 bits per heavy atom. The minimum atomic E-state index is -2.07. The van der Waals surface area contributed by atoms with Gasteiger partial charge < -0.3 is 22.1 Å². The molecule has 0 aliphatic rings. The van der Waals surface area contributed by atoms with Crippen molar-refractivity contribution in [2.45, 2.75) is 45.2 Å². The van der Waals surface area contributed by atoms with Gasteiger partial charge in [0.15, 0.2) is 8.32 Å². The van der Waals surface area contributed by atoms with Crippen LogP contribution in [0.4, 0.5) is 0 Å². The second-order valence-corrected chi connectivity index (χ2v) is 16.1. The van der Waals surface area contributed by atoms with Gasteiger partial charge in [-0.05, 0) is 45.2 Å². The highest BCUT2D eigenvalue weighted by Crippen LogP contribution is 2.21. The third-order valence-electron chi connectivity index (χ3n) is 2.80. The van der Waals surface area contributed by atoms with Crippen LogP contribution in [0.2, 0.25) is 38.8 Å². The highest BCUT2D eigenvalue weighted by molar-refractivity contribution is 6.84. The Morgan fingerprint density at radius 1 is 0.950 bits per heavy atom. The van der Waals surface area contributed by atoms with Gasteiger partial charge in [0.25, 0.3) is 0 Å². The molecule has 122 valence electrons. The zero-order valence-corrected chi connectivity index (χ0v) is 17.3. The summed E-state index contributed by atoms with van der Waals surface area (Å²) in [7, 11) is -1.89. The second-order valence-electron chi connectivity index (χ2n) is 5.89. The molecule has 1 unspecified atom stereocenters. The van der Waals surface area contributed by atoms with Crippen LogP contribution in [0.1, 0.15) is 6.42 Å². The quantitative estimate of drug-likeness (QED) is 0.403. The highest BCUT2D eigenvalue weighted by Gasteiger charge is 2.35. The van der Waals surface area contributed by atoms with Gasteiger partial charge in [-0.1, -0.05) is 0 Å². The van der Waals surface area contributed by atoms with E-state index in [1.165, 1.54) is 0 Å². The summed E-state index contributed by atoms with van der Waals surface area (Å²) in [5.74, 6) is 0. The van der Waals surface area contributed by atoms with Crippen molar-refractivity contribution in [1.29, 1.82) is 0 Å². The van der Waals surface area contributed by atoms with Gasteiger partial charge >= 0.3 is 17.8 Å². The molecule has 0 N–H and O–H groups in total. The van der Waals surface area contributed by atoms with Gasteiger partial charge in [0, 0.05) is 20.8 Å². The molecule has 0 spiro atoms. The predicted octanol–water partition coefficient (Wildman–Crippen LogP) is 2.48. The first-order valence-corrected chi connectivity index (χ1v) is 15.2. The molecule has 0 fully saturated rings. The van der Waals surface area contributed by atoms with Crippen LogP contribution in [0.25, 0.3) is 0 Å². The molecule has 0 radical (unpaired) electrons. The maximum absolute atomic E-state index is 6.36. The Kier molecular flexibility index (Phi) is 10.5. The Balaban J connectivity index is 3.97. The fraction of sp³-hybridized carbons (Fsp3) is 1.00. The Labute approximate surface area is 128 Å². The summed E-state index contributed by atoms with van der Waals surface area (Å²) in [6.07, 6.45) is 1.03. The molecule has 5 nitrogen and oxygen atoms in total. The van der Waals surface area contributed by atoms with Gasteiger partial charge in [-0.25, -0.2) is 0 Å². The summed E-state index contributed by atoms with van der Waals surface area (Å²) in [6.45, 7) is 12.9. The van der Waals surface area contributed by atoms with Crippen LogP contribution in [-0.4, -0.2) is 60.2 Å². The zero-order valence-electron chi connectivity index (χ0n) is 14.2. The fourth-order valence-electron chi connectivity index (χ4n) is 2.03. The SMILES string of the molecule is COCCOCCC[Si](C)(C)O[Si](C)(C)O[SiH](C)OC. The fourth-order valence-corrected chi connectivity index (χ4v) is 13.0. The number of methoxy groups -OCH3 is 1. The van der Waals surface area contributed by atoms with Crippen molar-refractivity contribution in [3.05, 3.63) is 0 Å². The van der Waals surface area contributed by atoms with E-state index < -0.39 is 26.2 Å². The summed E-state index contributed by atoms with van der Waals surface area (Å²) >= 11 is 0. The molecule has 0 amide bonds. The number of hydrogen-bond donors (Lipinski definition) is 0. The van der Waals surface area contributed by atoms with Crippen LogP contribution >= 0.6 is 0 Å². The summed E-state index contributed by atoms with van der Waals surface area (Å²) < 4.78 is 28.1. The first-order chi connectivity index (χ1) is 9.22. The Hall–Kier alpha value is 0.451. The zero-order chi connectivity index (χ0) is 15.6. The summed E-state index contributed by atoms with van der Waals surface area (Å²) in [4.78, 5) is 0. The Bertz CT molecular complexity index is 251. The van der Waals surface area contributed by atoms with E-state index in [1.807, 2.05) is 6.55 Å². The van der Waals surface area contributed by atoms with Gasteiger partial charge in [0.05, 0.1) is 13.2 Å². The maximum Gasteiger partial charge on any atom is 0.312 e. The van der Waals surface area contributed by atoms with E-state index in [-0.39, 0.29) is 0 Å². The smallest absolute Gasteiger partial charge is 0.312 e. The van der Waals surface area contributed by atoms with Crippen molar-refractivity contribution >= 4 is 26.2 Å². The summed E-state index contributed by atoms with van der Waals surface area (Å²) in [5.41, 5.74) is 0. The third kappa shape index (κ3) is 11.1. The molecule has 0 bridgehead atoms. The molecule has 1 atom stereocenters. The molecule has 20 heavy (non-hydrogen) atoms. The van der Waals surface area contributed by atoms with Crippen molar-refractivity contribution in [1.82, 2.24) is 0 Å². The normalized spacial score (nSPS) is 14.6. The lowest BCUT2D eigenvalue weighted by molar-refractivity contribution is 0.0707. The van der Waals surface area contributed by atoms with Crippen LogP contribution in [0.15, 0.2) is 0 Å².